The van der Waals surface area contributed by atoms with Gasteiger partial charge in [-0.1, -0.05) is 0 Å². The first kappa shape index (κ1) is 12.4. The van der Waals surface area contributed by atoms with Gasteiger partial charge in [0.2, 0.25) is 0 Å². The molecule has 0 aliphatic carbocycles. The van der Waals surface area contributed by atoms with E-state index >= 15 is 0 Å². The van der Waals surface area contributed by atoms with Crippen LogP contribution < -0.4 is 4.74 Å². The maximum Gasteiger partial charge on any atom is 0.339 e. The number of H-pyrrole nitrogens is 1. The van der Waals surface area contributed by atoms with Crippen molar-refractivity contribution in [3.8, 4) is 5.75 Å². The lowest BCUT2D eigenvalue weighted by atomic mass is 10.1. The topological polar surface area (TPSA) is 71.5 Å². The molecule has 96 valence electrons. The predicted molar refractivity (Wildman–Crippen MR) is 66.6 cm³/mol. The number of aromatic nitrogens is 1. The number of hydrogen-bond donors (Lipinski definition) is 2. The Hall–Kier alpha value is -2.01. The summed E-state index contributed by atoms with van der Waals surface area (Å²) >= 11 is 0. The van der Waals surface area contributed by atoms with Gasteiger partial charge < -0.3 is 19.6 Å². The molecule has 0 bridgehead atoms. The van der Waals surface area contributed by atoms with Crippen LogP contribution in [0.3, 0.4) is 0 Å². The van der Waals surface area contributed by atoms with Crippen LogP contribution in [0.25, 0.3) is 10.9 Å². The van der Waals surface area contributed by atoms with E-state index < -0.39 is 12.1 Å². The van der Waals surface area contributed by atoms with E-state index in [2.05, 4.69) is 9.72 Å². The molecule has 1 heterocycles. The molecule has 1 unspecified atom stereocenters. The fourth-order valence-corrected chi connectivity index (χ4v) is 2.02. The van der Waals surface area contributed by atoms with Crippen LogP contribution in [0.2, 0.25) is 0 Å². The maximum atomic E-state index is 11.4. The summed E-state index contributed by atoms with van der Waals surface area (Å²) in [7, 11) is 2.74. The van der Waals surface area contributed by atoms with Crippen molar-refractivity contribution in [2.24, 2.45) is 0 Å². The third-order valence-electron chi connectivity index (χ3n) is 2.84. The lowest BCUT2D eigenvalue weighted by Gasteiger charge is -2.13. The van der Waals surface area contributed by atoms with Crippen molar-refractivity contribution >= 4 is 16.9 Å². The van der Waals surface area contributed by atoms with Crippen molar-refractivity contribution < 1.29 is 19.4 Å². The number of carbonyl (C=O) groups excluding carboxylic acids is 1. The molecule has 1 atom stereocenters. The van der Waals surface area contributed by atoms with Crippen LogP contribution in [0, 0.1) is 6.92 Å². The molecule has 2 N–H and O–H groups in total. The van der Waals surface area contributed by atoms with E-state index in [9.17, 15) is 9.90 Å². The van der Waals surface area contributed by atoms with Gasteiger partial charge >= 0.3 is 5.97 Å². The number of rotatable bonds is 3. The molecule has 0 aliphatic rings. The summed E-state index contributed by atoms with van der Waals surface area (Å²) in [6.07, 6.45) is -1.34. The summed E-state index contributed by atoms with van der Waals surface area (Å²) in [5.41, 5.74) is 2.27. The molecular weight excluding hydrogens is 234 g/mol. The zero-order chi connectivity index (χ0) is 13.3. The van der Waals surface area contributed by atoms with Gasteiger partial charge in [-0.05, 0) is 25.1 Å². The molecule has 0 saturated carbocycles. The second-order valence-corrected chi connectivity index (χ2v) is 4.03. The number of ether oxygens (including phenoxy) is 2. The minimum absolute atomic E-state index is 0.399. The number of aryl methyl sites for hydroxylation is 1. The number of aliphatic hydroxyl groups excluding tert-OH is 1. The molecule has 2 aromatic rings. The molecule has 0 fully saturated rings. The smallest absolute Gasteiger partial charge is 0.339 e. The molecule has 0 aliphatic heterocycles. The number of carbonyl (C=O) groups is 1. The number of methoxy groups -OCH3 is 2. The zero-order valence-electron chi connectivity index (χ0n) is 10.5. The van der Waals surface area contributed by atoms with Crippen molar-refractivity contribution in [2.75, 3.05) is 14.2 Å². The Balaban J connectivity index is 2.60. The van der Waals surface area contributed by atoms with Gasteiger partial charge in [-0.2, -0.15) is 0 Å². The van der Waals surface area contributed by atoms with Crippen molar-refractivity contribution in [2.45, 2.75) is 13.0 Å². The summed E-state index contributed by atoms with van der Waals surface area (Å²) in [4.78, 5) is 14.6. The molecule has 1 aromatic carbocycles. The molecule has 5 heteroatoms. The summed E-state index contributed by atoms with van der Waals surface area (Å²) in [6, 6.07) is 5.35. The van der Waals surface area contributed by atoms with Crippen molar-refractivity contribution in [3.63, 3.8) is 0 Å². The molecule has 5 nitrogen and oxygen atoms in total. The van der Waals surface area contributed by atoms with Crippen molar-refractivity contribution in [3.05, 3.63) is 29.5 Å². The standard InChI is InChI=1S/C13H15NO4/c1-7-6-9-10(14-7)5-4-8(12(9)17-2)11(15)13(16)18-3/h4-6,11,14-15H,1-3H3. The molecule has 0 spiro atoms. The Kier molecular flexibility index (Phi) is 3.25. The van der Waals surface area contributed by atoms with Crippen LogP contribution in [-0.4, -0.2) is 30.3 Å². The monoisotopic (exact) mass is 249 g/mol. The minimum atomic E-state index is -1.34. The highest BCUT2D eigenvalue weighted by molar-refractivity contribution is 5.90. The number of fused-ring (bicyclic) bond motifs is 1. The summed E-state index contributed by atoms with van der Waals surface area (Å²) in [5, 5.41) is 10.7. The molecule has 0 saturated heterocycles. The maximum absolute atomic E-state index is 11.4. The third kappa shape index (κ3) is 1.93. The minimum Gasteiger partial charge on any atom is -0.496 e. The molecule has 1 aromatic heterocycles. The number of benzene rings is 1. The van der Waals surface area contributed by atoms with Crippen molar-refractivity contribution in [1.29, 1.82) is 0 Å². The fourth-order valence-electron chi connectivity index (χ4n) is 2.02. The van der Waals surface area contributed by atoms with Gasteiger partial charge in [0.25, 0.3) is 0 Å². The Morgan fingerprint density at radius 1 is 1.39 bits per heavy atom. The van der Waals surface area contributed by atoms with Crippen LogP contribution in [0.1, 0.15) is 17.4 Å². The Labute approximate surface area is 104 Å². The van der Waals surface area contributed by atoms with E-state index in [1.165, 1.54) is 14.2 Å². The van der Waals surface area contributed by atoms with Crippen LogP contribution in [0.4, 0.5) is 0 Å². The Morgan fingerprint density at radius 3 is 2.72 bits per heavy atom. The molecule has 0 radical (unpaired) electrons. The average molecular weight is 249 g/mol. The van der Waals surface area contributed by atoms with Gasteiger partial charge in [0, 0.05) is 22.2 Å². The third-order valence-corrected chi connectivity index (χ3v) is 2.84. The van der Waals surface area contributed by atoms with Crippen LogP contribution >= 0.6 is 0 Å². The average Bonchev–Trinajstić information content (AvgIpc) is 2.75. The summed E-state index contributed by atoms with van der Waals surface area (Å²) < 4.78 is 9.83. The van der Waals surface area contributed by atoms with Gasteiger partial charge in [-0.3, -0.25) is 0 Å². The number of nitrogens with one attached hydrogen (secondary N) is 1. The van der Waals surface area contributed by atoms with Crippen LogP contribution in [0.15, 0.2) is 18.2 Å². The highest BCUT2D eigenvalue weighted by atomic mass is 16.5. The van der Waals surface area contributed by atoms with Gasteiger partial charge in [-0.25, -0.2) is 4.79 Å². The highest BCUT2D eigenvalue weighted by Crippen LogP contribution is 2.34. The second-order valence-electron chi connectivity index (χ2n) is 4.03. The zero-order valence-corrected chi connectivity index (χ0v) is 10.5. The SMILES string of the molecule is COC(=O)C(O)c1ccc2[nH]c(C)cc2c1OC. The number of esters is 1. The van der Waals surface area contributed by atoms with E-state index in [1.54, 1.807) is 12.1 Å². The van der Waals surface area contributed by atoms with Gasteiger partial charge in [-0.15, -0.1) is 0 Å². The van der Waals surface area contributed by atoms with E-state index in [-0.39, 0.29) is 0 Å². The van der Waals surface area contributed by atoms with Crippen LogP contribution in [-0.2, 0) is 9.53 Å². The second kappa shape index (κ2) is 4.70. The summed E-state index contributed by atoms with van der Waals surface area (Å²) in [5.74, 6) is -0.227. The quantitative estimate of drug-likeness (QED) is 0.812. The highest BCUT2D eigenvalue weighted by Gasteiger charge is 2.23. The molecular formula is C13H15NO4. The number of hydrogen-bond acceptors (Lipinski definition) is 4. The molecule has 18 heavy (non-hydrogen) atoms. The fraction of sp³-hybridized carbons (Fsp3) is 0.308. The Morgan fingerprint density at radius 2 is 2.11 bits per heavy atom. The first-order valence-electron chi connectivity index (χ1n) is 5.50. The van der Waals surface area contributed by atoms with Gasteiger partial charge in [0.1, 0.15) is 5.75 Å². The van der Waals surface area contributed by atoms with E-state index in [0.717, 1.165) is 16.6 Å². The molecule has 2 rings (SSSR count). The largest absolute Gasteiger partial charge is 0.496 e. The van der Waals surface area contributed by atoms with Gasteiger partial charge in [0.05, 0.1) is 14.2 Å². The Bertz CT molecular complexity index is 588. The molecule has 0 amide bonds. The lowest BCUT2D eigenvalue weighted by Crippen LogP contribution is -2.14. The number of aliphatic hydroxyl groups is 1. The number of aromatic amines is 1. The summed E-state index contributed by atoms with van der Waals surface area (Å²) in [6.45, 7) is 1.93. The first-order valence-corrected chi connectivity index (χ1v) is 5.50. The van der Waals surface area contributed by atoms with Crippen molar-refractivity contribution in [1.82, 2.24) is 4.98 Å². The lowest BCUT2D eigenvalue weighted by molar-refractivity contribution is -0.150. The predicted octanol–water partition coefficient (Wildman–Crippen LogP) is 1.69. The van der Waals surface area contributed by atoms with Crippen LogP contribution in [0.5, 0.6) is 5.75 Å². The van der Waals surface area contributed by atoms with E-state index in [1.807, 2.05) is 13.0 Å². The normalized spacial score (nSPS) is 12.4. The first-order chi connectivity index (χ1) is 8.58. The van der Waals surface area contributed by atoms with E-state index in [4.69, 9.17) is 4.74 Å². The van der Waals surface area contributed by atoms with E-state index in [0.29, 0.717) is 11.3 Å². The van der Waals surface area contributed by atoms with Gasteiger partial charge in [0.15, 0.2) is 6.10 Å².